The van der Waals surface area contributed by atoms with Gasteiger partial charge in [0.15, 0.2) is 5.82 Å². The second kappa shape index (κ2) is 4.17. The molecule has 0 N–H and O–H groups in total. The Morgan fingerprint density at radius 1 is 1.57 bits per heavy atom. The highest BCUT2D eigenvalue weighted by atomic mass is 32.2. The summed E-state index contributed by atoms with van der Waals surface area (Å²) in [6.45, 7) is 6.30. The van der Waals surface area contributed by atoms with Gasteiger partial charge in [0, 0.05) is 24.2 Å². The molecule has 0 unspecified atom stereocenters. The zero-order chi connectivity index (χ0) is 10.8. The predicted octanol–water partition coefficient (Wildman–Crippen LogP) is 2.13. The number of carbonyl (C=O) groups excluding carboxylic acids is 1. The molecule has 0 aliphatic heterocycles. The highest BCUT2D eigenvalue weighted by molar-refractivity contribution is 8.01. The molecule has 0 saturated carbocycles. The van der Waals surface area contributed by atoms with Gasteiger partial charge in [0.1, 0.15) is 0 Å². The minimum atomic E-state index is 0.0948. The van der Waals surface area contributed by atoms with E-state index < -0.39 is 0 Å². The quantitative estimate of drug-likeness (QED) is 0.720. The molecule has 0 aromatic carbocycles. The molecule has 0 amide bonds. The molecule has 3 nitrogen and oxygen atoms in total. The van der Waals surface area contributed by atoms with E-state index in [1.165, 1.54) is 0 Å². The van der Waals surface area contributed by atoms with Crippen LogP contribution >= 0.6 is 11.8 Å². The summed E-state index contributed by atoms with van der Waals surface area (Å²) in [5.74, 6) is 1.13. The van der Waals surface area contributed by atoms with Crippen LogP contribution in [0.2, 0.25) is 0 Å². The summed E-state index contributed by atoms with van der Waals surface area (Å²) >= 11 is 1.65. The molecule has 0 spiro atoms. The highest BCUT2D eigenvalue weighted by Gasteiger charge is 2.16. The molecule has 1 heterocycles. The lowest BCUT2D eigenvalue weighted by atomic mass is 10.3. The van der Waals surface area contributed by atoms with Gasteiger partial charge in [0.25, 0.3) is 0 Å². The van der Waals surface area contributed by atoms with Crippen molar-refractivity contribution >= 4 is 17.5 Å². The van der Waals surface area contributed by atoms with Gasteiger partial charge in [-0.25, -0.2) is 4.98 Å². The molecule has 0 atom stereocenters. The van der Waals surface area contributed by atoms with E-state index in [1.807, 2.05) is 7.05 Å². The van der Waals surface area contributed by atoms with Gasteiger partial charge in [-0.15, -0.1) is 11.8 Å². The fourth-order valence-corrected chi connectivity index (χ4v) is 1.67. The molecular formula is C10H16N2OS. The van der Waals surface area contributed by atoms with Gasteiger partial charge in [-0.3, -0.25) is 4.79 Å². The molecular weight excluding hydrogens is 196 g/mol. The van der Waals surface area contributed by atoms with E-state index in [0.717, 1.165) is 0 Å². The van der Waals surface area contributed by atoms with Crippen LogP contribution < -0.4 is 0 Å². The number of hydrogen-bond donors (Lipinski definition) is 0. The van der Waals surface area contributed by atoms with Gasteiger partial charge >= 0.3 is 0 Å². The largest absolute Gasteiger partial charge is 0.332 e. The first kappa shape index (κ1) is 11.3. The summed E-state index contributed by atoms with van der Waals surface area (Å²) in [6.07, 6.45) is 3.43. The van der Waals surface area contributed by atoms with Crippen molar-refractivity contribution < 1.29 is 4.79 Å². The molecule has 1 rings (SSSR count). The van der Waals surface area contributed by atoms with Crippen LogP contribution in [0.15, 0.2) is 12.4 Å². The van der Waals surface area contributed by atoms with Crippen LogP contribution in [0.25, 0.3) is 0 Å². The number of imidazole rings is 1. The van der Waals surface area contributed by atoms with Crippen molar-refractivity contribution in [2.75, 3.05) is 5.75 Å². The number of thioether (sulfide) groups is 1. The molecule has 4 heteroatoms. The Balaban J connectivity index is 2.56. The lowest BCUT2D eigenvalue weighted by molar-refractivity contribution is 0.101. The predicted molar refractivity (Wildman–Crippen MR) is 59.7 cm³/mol. The Hall–Kier alpha value is -0.770. The zero-order valence-corrected chi connectivity index (χ0v) is 9.89. The van der Waals surface area contributed by atoms with Crippen molar-refractivity contribution in [2.45, 2.75) is 25.5 Å². The molecule has 1 aromatic rings. The van der Waals surface area contributed by atoms with Crippen LogP contribution in [-0.4, -0.2) is 25.8 Å². The lowest BCUT2D eigenvalue weighted by Gasteiger charge is -2.16. The maximum Gasteiger partial charge on any atom is 0.208 e. The molecule has 0 radical (unpaired) electrons. The average molecular weight is 212 g/mol. The zero-order valence-electron chi connectivity index (χ0n) is 9.07. The van der Waals surface area contributed by atoms with Gasteiger partial charge in [0.2, 0.25) is 5.78 Å². The third kappa shape index (κ3) is 3.18. The Labute approximate surface area is 88.9 Å². The van der Waals surface area contributed by atoms with Crippen LogP contribution in [0.5, 0.6) is 0 Å². The Bertz CT molecular complexity index is 325. The smallest absolute Gasteiger partial charge is 0.208 e. The van der Waals surface area contributed by atoms with Crippen molar-refractivity contribution in [3.63, 3.8) is 0 Å². The van der Waals surface area contributed by atoms with Crippen LogP contribution in [0.4, 0.5) is 0 Å². The number of aryl methyl sites for hydroxylation is 1. The molecule has 1 aromatic heterocycles. The number of ketones is 1. The second-order valence-corrected chi connectivity index (χ2v) is 5.99. The molecule has 0 aliphatic carbocycles. The Morgan fingerprint density at radius 2 is 2.21 bits per heavy atom. The number of hydrogen-bond acceptors (Lipinski definition) is 3. The molecule has 0 bridgehead atoms. The van der Waals surface area contributed by atoms with Gasteiger partial charge in [-0.05, 0) is 0 Å². The van der Waals surface area contributed by atoms with E-state index in [0.29, 0.717) is 11.6 Å². The fourth-order valence-electron chi connectivity index (χ4n) is 0.981. The first-order valence-corrected chi connectivity index (χ1v) is 5.53. The summed E-state index contributed by atoms with van der Waals surface area (Å²) in [6, 6.07) is 0. The summed E-state index contributed by atoms with van der Waals surface area (Å²) in [5, 5.41) is 0. The van der Waals surface area contributed by atoms with Gasteiger partial charge in [0.05, 0.1) is 5.75 Å². The van der Waals surface area contributed by atoms with Crippen molar-refractivity contribution in [2.24, 2.45) is 7.05 Å². The van der Waals surface area contributed by atoms with Gasteiger partial charge in [-0.2, -0.15) is 0 Å². The minimum Gasteiger partial charge on any atom is -0.332 e. The van der Waals surface area contributed by atoms with Crippen molar-refractivity contribution in [1.29, 1.82) is 0 Å². The monoisotopic (exact) mass is 212 g/mol. The normalized spacial score (nSPS) is 11.7. The van der Waals surface area contributed by atoms with E-state index in [2.05, 4.69) is 25.8 Å². The highest BCUT2D eigenvalue weighted by Crippen LogP contribution is 2.23. The number of aromatic nitrogens is 2. The van der Waals surface area contributed by atoms with E-state index in [1.54, 1.807) is 28.7 Å². The van der Waals surface area contributed by atoms with Crippen LogP contribution in [0, 0.1) is 0 Å². The third-order valence-corrected chi connectivity index (χ3v) is 2.98. The summed E-state index contributed by atoms with van der Waals surface area (Å²) in [4.78, 5) is 15.7. The number of Topliss-reactive ketones (excluding diaryl/α,β-unsaturated/α-hetero) is 1. The van der Waals surface area contributed by atoms with Crippen LogP contribution in [0.3, 0.4) is 0 Å². The summed E-state index contributed by atoms with van der Waals surface area (Å²) in [5.41, 5.74) is 0. The SMILES string of the molecule is Cn1ccnc1C(=O)CSC(C)(C)C. The van der Waals surface area contributed by atoms with E-state index in [-0.39, 0.29) is 10.5 Å². The Kier molecular flexibility index (Phi) is 3.37. The second-order valence-electron chi connectivity index (χ2n) is 4.19. The maximum absolute atomic E-state index is 11.7. The van der Waals surface area contributed by atoms with Crippen LogP contribution in [0.1, 0.15) is 31.4 Å². The average Bonchev–Trinajstić information content (AvgIpc) is 2.46. The van der Waals surface area contributed by atoms with E-state index >= 15 is 0 Å². The summed E-state index contributed by atoms with van der Waals surface area (Å²) in [7, 11) is 1.84. The Morgan fingerprint density at radius 3 is 2.64 bits per heavy atom. The van der Waals surface area contributed by atoms with Crippen molar-refractivity contribution in [1.82, 2.24) is 9.55 Å². The number of carbonyl (C=O) groups is 1. The van der Waals surface area contributed by atoms with E-state index in [4.69, 9.17) is 0 Å². The summed E-state index contributed by atoms with van der Waals surface area (Å²) < 4.78 is 1.88. The van der Waals surface area contributed by atoms with Gasteiger partial charge < -0.3 is 4.57 Å². The number of nitrogens with zero attached hydrogens (tertiary/aromatic N) is 2. The van der Waals surface area contributed by atoms with Crippen molar-refractivity contribution in [3.8, 4) is 0 Å². The topological polar surface area (TPSA) is 34.9 Å². The third-order valence-electron chi connectivity index (χ3n) is 1.71. The molecule has 0 aliphatic rings. The molecule has 78 valence electrons. The van der Waals surface area contributed by atoms with E-state index in [9.17, 15) is 4.79 Å². The standard InChI is InChI=1S/C10H16N2OS/c1-10(2,3)14-7-8(13)9-11-5-6-12(9)4/h5-6H,7H2,1-4H3. The minimum absolute atomic E-state index is 0.0948. The van der Waals surface area contributed by atoms with Crippen molar-refractivity contribution in [3.05, 3.63) is 18.2 Å². The molecule has 0 saturated heterocycles. The first-order chi connectivity index (χ1) is 6.40. The number of rotatable bonds is 3. The van der Waals surface area contributed by atoms with Crippen LogP contribution in [-0.2, 0) is 7.05 Å². The lowest BCUT2D eigenvalue weighted by Crippen LogP contribution is -2.15. The maximum atomic E-state index is 11.7. The fraction of sp³-hybridized carbons (Fsp3) is 0.600. The molecule has 14 heavy (non-hydrogen) atoms. The molecule has 0 fully saturated rings. The van der Waals surface area contributed by atoms with Gasteiger partial charge in [-0.1, -0.05) is 20.8 Å². The first-order valence-electron chi connectivity index (χ1n) is 4.54.